The standard InChI is InChI=1S/C27H26N2O3/c30-25(31)21-15-17-27(18-16-21,26-29-28-24(32-26)20-11-5-2-6-12-20)23-14-8-7-13-22(23)19-9-3-1-4-10-19/h2,5-8,11-19,21H,1,3-4,9-10H2,(H,30,31)/p-1. The first-order valence-electron chi connectivity index (χ1n) is 11.3. The molecular weight excluding hydrogens is 400 g/mol. The Morgan fingerprint density at radius 1 is 0.906 bits per heavy atom. The third kappa shape index (κ3) is 3.68. The highest BCUT2D eigenvalue weighted by Crippen LogP contribution is 2.44. The summed E-state index contributed by atoms with van der Waals surface area (Å²) in [4.78, 5) is 11.5. The molecule has 1 aromatic heterocycles. The lowest BCUT2D eigenvalue weighted by atomic mass is 9.70. The van der Waals surface area contributed by atoms with Gasteiger partial charge in [0, 0.05) is 11.5 Å². The summed E-state index contributed by atoms with van der Waals surface area (Å²) < 4.78 is 6.22. The monoisotopic (exact) mass is 425 g/mol. The van der Waals surface area contributed by atoms with E-state index in [4.69, 9.17) is 4.42 Å². The minimum absolute atomic E-state index is 0.434. The van der Waals surface area contributed by atoms with Crippen LogP contribution >= 0.6 is 0 Å². The molecule has 0 saturated heterocycles. The normalized spacial score (nSPS) is 23.3. The number of aromatic nitrogens is 2. The van der Waals surface area contributed by atoms with Crippen LogP contribution in [0.4, 0.5) is 0 Å². The number of hydrogen-bond donors (Lipinski definition) is 0. The maximum absolute atomic E-state index is 11.5. The van der Waals surface area contributed by atoms with Crippen LogP contribution in [0.1, 0.15) is 55.0 Å². The summed E-state index contributed by atoms with van der Waals surface area (Å²) in [7, 11) is 0. The van der Waals surface area contributed by atoms with E-state index in [2.05, 4.69) is 28.4 Å². The summed E-state index contributed by atoms with van der Waals surface area (Å²) in [5.74, 6) is -0.555. The third-order valence-corrected chi connectivity index (χ3v) is 6.66. The molecule has 0 spiro atoms. The third-order valence-electron chi connectivity index (χ3n) is 6.66. The molecule has 0 radical (unpaired) electrons. The van der Waals surface area contributed by atoms with Crippen LogP contribution in [0.2, 0.25) is 0 Å². The Labute approximate surface area is 187 Å². The SMILES string of the molecule is O=C([O-])C1C=CC(c2nnc(-c3ccccc3)o2)(c2ccccc2C2CCCCC2)C=C1. The molecule has 1 fully saturated rings. The largest absolute Gasteiger partial charge is 0.549 e. The predicted molar refractivity (Wildman–Crippen MR) is 120 cm³/mol. The van der Waals surface area contributed by atoms with Crippen molar-refractivity contribution < 1.29 is 14.3 Å². The second-order valence-corrected chi connectivity index (χ2v) is 8.63. The van der Waals surface area contributed by atoms with Gasteiger partial charge in [-0.15, -0.1) is 10.2 Å². The highest BCUT2D eigenvalue weighted by molar-refractivity contribution is 5.73. The molecule has 5 nitrogen and oxygen atoms in total. The molecule has 162 valence electrons. The number of aliphatic carboxylic acids is 1. The van der Waals surface area contributed by atoms with Gasteiger partial charge < -0.3 is 14.3 Å². The van der Waals surface area contributed by atoms with Crippen LogP contribution in [-0.2, 0) is 10.2 Å². The van der Waals surface area contributed by atoms with E-state index >= 15 is 0 Å². The van der Waals surface area contributed by atoms with Crippen molar-refractivity contribution >= 4 is 5.97 Å². The van der Waals surface area contributed by atoms with E-state index in [1.807, 2.05) is 48.6 Å². The molecule has 0 amide bonds. The fraction of sp³-hybridized carbons (Fsp3) is 0.296. The Morgan fingerprint density at radius 2 is 1.59 bits per heavy atom. The minimum atomic E-state index is -1.12. The van der Waals surface area contributed by atoms with Crippen LogP contribution in [-0.4, -0.2) is 16.2 Å². The number of nitrogens with zero attached hydrogens (tertiary/aromatic N) is 2. The maximum Gasteiger partial charge on any atom is 0.247 e. The Bertz CT molecular complexity index is 1140. The topological polar surface area (TPSA) is 79.0 Å². The quantitative estimate of drug-likeness (QED) is 0.560. The van der Waals surface area contributed by atoms with Gasteiger partial charge >= 0.3 is 0 Å². The molecular formula is C27H25N2O3-. The summed E-state index contributed by atoms with van der Waals surface area (Å²) in [6, 6.07) is 18.0. The van der Waals surface area contributed by atoms with Gasteiger partial charge in [-0.05, 0) is 42.0 Å². The van der Waals surface area contributed by atoms with E-state index in [1.165, 1.54) is 24.8 Å². The predicted octanol–water partition coefficient (Wildman–Crippen LogP) is 4.56. The van der Waals surface area contributed by atoms with Crippen molar-refractivity contribution in [2.24, 2.45) is 5.92 Å². The summed E-state index contributed by atoms with van der Waals surface area (Å²) in [5.41, 5.74) is 2.37. The van der Waals surface area contributed by atoms with Gasteiger partial charge in [-0.3, -0.25) is 0 Å². The van der Waals surface area contributed by atoms with Crippen LogP contribution in [0.3, 0.4) is 0 Å². The number of allylic oxidation sites excluding steroid dienone is 2. The highest BCUT2D eigenvalue weighted by Gasteiger charge is 2.39. The molecule has 2 aliphatic carbocycles. The lowest BCUT2D eigenvalue weighted by molar-refractivity contribution is -0.308. The molecule has 0 atom stereocenters. The number of carbonyl (C=O) groups is 1. The van der Waals surface area contributed by atoms with Crippen LogP contribution in [0.15, 0.2) is 83.3 Å². The number of carboxylic acids is 1. The zero-order valence-corrected chi connectivity index (χ0v) is 17.8. The summed E-state index contributed by atoms with van der Waals surface area (Å²) in [6.45, 7) is 0. The molecule has 1 saturated carbocycles. The Kier molecular flexibility index (Phi) is 5.48. The van der Waals surface area contributed by atoms with Crippen molar-refractivity contribution in [3.63, 3.8) is 0 Å². The lowest BCUT2D eigenvalue weighted by Crippen LogP contribution is -2.34. The molecule has 0 aliphatic heterocycles. The molecule has 3 aromatic rings. The van der Waals surface area contributed by atoms with Crippen molar-refractivity contribution in [1.82, 2.24) is 10.2 Å². The van der Waals surface area contributed by atoms with Gasteiger partial charge in [0.25, 0.3) is 0 Å². The lowest BCUT2D eigenvalue weighted by Gasteiger charge is -2.33. The fourth-order valence-electron chi connectivity index (χ4n) is 4.96. The fourth-order valence-corrected chi connectivity index (χ4v) is 4.96. The first kappa shape index (κ1) is 20.4. The van der Waals surface area contributed by atoms with Crippen LogP contribution in [0.5, 0.6) is 0 Å². The van der Waals surface area contributed by atoms with E-state index in [1.54, 1.807) is 12.2 Å². The van der Waals surface area contributed by atoms with Crippen molar-refractivity contribution in [3.05, 3.63) is 95.9 Å². The molecule has 5 heteroatoms. The van der Waals surface area contributed by atoms with Gasteiger partial charge in [-0.2, -0.15) is 0 Å². The Morgan fingerprint density at radius 3 is 2.31 bits per heavy atom. The second-order valence-electron chi connectivity index (χ2n) is 8.63. The van der Waals surface area contributed by atoms with Gasteiger partial charge in [-0.1, -0.05) is 86.0 Å². The van der Waals surface area contributed by atoms with Gasteiger partial charge in [0.15, 0.2) is 0 Å². The number of hydrogen-bond acceptors (Lipinski definition) is 5. The van der Waals surface area contributed by atoms with E-state index in [0.717, 1.165) is 24.0 Å². The van der Waals surface area contributed by atoms with Crippen molar-refractivity contribution in [3.8, 4) is 11.5 Å². The van der Waals surface area contributed by atoms with E-state index in [0.29, 0.717) is 17.7 Å². The zero-order chi connectivity index (χ0) is 22.0. The van der Waals surface area contributed by atoms with Crippen molar-refractivity contribution in [2.75, 3.05) is 0 Å². The number of benzene rings is 2. The minimum Gasteiger partial charge on any atom is -0.549 e. The van der Waals surface area contributed by atoms with Crippen molar-refractivity contribution in [2.45, 2.75) is 43.4 Å². The maximum atomic E-state index is 11.5. The highest BCUT2D eigenvalue weighted by atomic mass is 16.4. The Balaban J connectivity index is 1.64. The van der Waals surface area contributed by atoms with Gasteiger partial charge in [0.2, 0.25) is 11.8 Å². The van der Waals surface area contributed by atoms with E-state index in [-0.39, 0.29) is 0 Å². The second kappa shape index (κ2) is 8.58. The van der Waals surface area contributed by atoms with Gasteiger partial charge in [0.05, 0.1) is 5.97 Å². The van der Waals surface area contributed by atoms with Gasteiger partial charge in [-0.25, -0.2) is 0 Å². The van der Waals surface area contributed by atoms with Crippen LogP contribution < -0.4 is 5.11 Å². The number of rotatable bonds is 5. The number of carbonyl (C=O) groups excluding carboxylic acids is 1. The zero-order valence-electron chi connectivity index (χ0n) is 17.8. The average Bonchev–Trinajstić information content (AvgIpc) is 3.36. The van der Waals surface area contributed by atoms with Crippen LogP contribution in [0.25, 0.3) is 11.5 Å². The molecule has 2 aromatic carbocycles. The first-order chi connectivity index (χ1) is 15.7. The molecule has 0 unspecified atom stereocenters. The first-order valence-corrected chi connectivity index (χ1v) is 11.3. The molecule has 0 bridgehead atoms. The van der Waals surface area contributed by atoms with E-state index in [9.17, 15) is 9.90 Å². The van der Waals surface area contributed by atoms with Gasteiger partial charge in [0.1, 0.15) is 5.41 Å². The summed E-state index contributed by atoms with van der Waals surface area (Å²) in [5, 5.41) is 20.2. The molecule has 32 heavy (non-hydrogen) atoms. The van der Waals surface area contributed by atoms with Crippen molar-refractivity contribution in [1.29, 1.82) is 0 Å². The summed E-state index contributed by atoms with van der Waals surface area (Å²) in [6.07, 6.45) is 13.1. The molecule has 1 heterocycles. The van der Waals surface area contributed by atoms with Crippen LogP contribution in [0, 0.1) is 5.92 Å². The van der Waals surface area contributed by atoms with E-state index < -0.39 is 17.3 Å². The average molecular weight is 426 g/mol. The smallest absolute Gasteiger partial charge is 0.247 e. The summed E-state index contributed by atoms with van der Waals surface area (Å²) >= 11 is 0. The Hall–Kier alpha value is -3.47. The molecule has 2 aliphatic rings. The number of carboxylic acid groups (broad SMARTS) is 1. The molecule has 5 rings (SSSR count). The molecule has 0 N–H and O–H groups in total.